The molecule has 0 unspecified atom stereocenters. The minimum atomic E-state index is -0.356. The first kappa shape index (κ1) is 23.8. The first-order valence-corrected chi connectivity index (χ1v) is 12.2. The van der Waals surface area contributed by atoms with Crippen molar-refractivity contribution in [1.29, 1.82) is 0 Å². The number of benzene rings is 2. The van der Waals surface area contributed by atoms with E-state index in [1.807, 2.05) is 48.3 Å². The molecule has 0 atom stereocenters. The van der Waals surface area contributed by atoms with E-state index in [2.05, 4.69) is 11.7 Å². The zero-order chi connectivity index (χ0) is 25.2. The maximum absolute atomic E-state index is 13.2. The summed E-state index contributed by atoms with van der Waals surface area (Å²) in [6.07, 6.45) is 3.78. The minimum Gasteiger partial charge on any atom is -0.449 e. The molecule has 0 aliphatic carbocycles. The third-order valence-electron chi connectivity index (χ3n) is 6.42. The number of amides is 2. The second-order valence-electron chi connectivity index (χ2n) is 8.73. The summed E-state index contributed by atoms with van der Waals surface area (Å²) in [5.41, 5.74) is 3.87. The van der Waals surface area contributed by atoms with Crippen molar-refractivity contribution in [2.24, 2.45) is 7.05 Å². The van der Waals surface area contributed by atoms with Crippen molar-refractivity contribution >= 4 is 45.4 Å². The highest BCUT2D eigenvalue weighted by atomic mass is 35.5. The average Bonchev–Trinajstić information content (AvgIpc) is 3.28. The number of hydrogen-bond donors (Lipinski definition) is 0. The Morgan fingerprint density at radius 1 is 1.08 bits per heavy atom. The number of fused-ring (bicyclic) bond motifs is 2. The zero-order valence-electron chi connectivity index (χ0n) is 20.0. The first-order chi connectivity index (χ1) is 17.4. The number of piperazine rings is 1. The molecule has 1 saturated heterocycles. The standard InChI is InChI=1S/C27H26ClN5O3/c1-3-4-13-36-27(35)33-11-9-32(10-12-33)26(34)19-5-7-21-22(28)16-23(30-24(21)15-19)18-6-8-25-20(14-18)17-29-31(25)2/h3,5-8,14-17H,1,4,9-13H2,2H3. The van der Waals surface area contributed by atoms with Crippen LogP contribution in [0.25, 0.3) is 33.1 Å². The fraction of sp³-hybridized carbons (Fsp3) is 0.259. The van der Waals surface area contributed by atoms with Gasteiger partial charge in [0.2, 0.25) is 0 Å². The van der Waals surface area contributed by atoms with Crippen LogP contribution in [0.3, 0.4) is 0 Å². The van der Waals surface area contributed by atoms with Gasteiger partial charge in [0.25, 0.3) is 5.91 Å². The molecule has 0 bridgehead atoms. The highest BCUT2D eigenvalue weighted by molar-refractivity contribution is 6.35. The van der Waals surface area contributed by atoms with E-state index in [4.69, 9.17) is 21.3 Å². The van der Waals surface area contributed by atoms with Crippen molar-refractivity contribution in [2.75, 3.05) is 32.8 Å². The molecule has 36 heavy (non-hydrogen) atoms. The summed E-state index contributed by atoms with van der Waals surface area (Å²) in [5, 5.41) is 6.67. The van der Waals surface area contributed by atoms with Gasteiger partial charge in [-0.05, 0) is 36.8 Å². The molecule has 3 heterocycles. The summed E-state index contributed by atoms with van der Waals surface area (Å²) in [6.45, 7) is 5.66. The van der Waals surface area contributed by atoms with Crippen molar-refractivity contribution in [3.8, 4) is 11.3 Å². The molecule has 1 fully saturated rings. The molecular weight excluding hydrogens is 478 g/mol. The maximum Gasteiger partial charge on any atom is 0.409 e. The van der Waals surface area contributed by atoms with E-state index < -0.39 is 0 Å². The molecular formula is C27H26ClN5O3. The van der Waals surface area contributed by atoms with Crippen molar-refractivity contribution < 1.29 is 14.3 Å². The second kappa shape index (κ2) is 9.99. The molecule has 5 rings (SSSR count). The number of hydrogen-bond acceptors (Lipinski definition) is 5. The SMILES string of the molecule is C=CCCOC(=O)N1CCN(C(=O)c2ccc3c(Cl)cc(-c4ccc5c(cnn5C)c4)nc3c2)CC1. The van der Waals surface area contributed by atoms with Gasteiger partial charge in [0.1, 0.15) is 0 Å². The van der Waals surface area contributed by atoms with Crippen molar-refractivity contribution in [3.63, 3.8) is 0 Å². The predicted molar refractivity (Wildman–Crippen MR) is 140 cm³/mol. The minimum absolute atomic E-state index is 0.100. The molecule has 0 saturated carbocycles. The van der Waals surface area contributed by atoms with Crippen LogP contribution in [-0.4, -0.2) is 69.4 Å². The Balaban J connectivity index is 1.34. The zero-order valence-corrected chi connectivity index (χ0v) is 20.7. The quantitative estimate of drug-likeness (QED) is 0.285. The van der Waals surface area contributed by atoms with Gasteiger partial charge in [0, 0.05) is 55.1 Å². The van der Waals surface area contributed by atoms with Crippen molar-refractivity contribution in [2.45, 2.75) is 6.42 Å². The maximum atomic E-state index is 13.2. The number of aromatic nitrogens is 3. The van der Waals surface area contributed by atoms with Crippen LogP contribution in [0.5, 0.6) is 0 Å². The highest BCUT2D eigenvalue weighted by Gasteiger charge is 2.26. The number of carbonyl (C=O) groups excluding carboxylic acids is 2. The molecule has 0 spiro atoms. The van der Waals surface area contributed by atoms with E-state index >= 15 is 0 Å². The average molecular weight is 504 g/mol. The van der Waals surface area contributed by atoms with Crippen LogP contribution in [0, 0.1) is 0 Å². The summed E-state index contributed by atoms with van der Waals surface area (Å²) >= 11 is 6.60. The molecule has 0 N–H and O–H groups in total. The van der Waals surface area contributed by atoms with Gasteiger partial charge < -0.3 is 14.5 Å². The van der Waals surface area contributed by atoms with Crippen LogP contribution in [0.15, 0.2) is 61.3 Å². The number of nitrogens with zero attached hydrogens (tertiary/aromatic N) is 5. The second-order valence-corrected chi connectivity index (χ2v) is 9.14. The van der Waals surface area contributed by atoms with Gasteiger partial charge >= 0.3 is 6.09 Å². The van der Waals surface area contributed by atoms with Gasteiger partial charge in [-0.1, -0.05) is 29.8 Å². The third-order valence-corrected chi connectivity index (χ3v) is 6.73. The lowest BCUT2D eigenvalue weighted by Gasteiger charge is -2.34. The van der Waals surface area contributed by atoms with Crippen molar-refractivity contribution in [3.05, 3.63) is 71.9 Å². The van der Waals surface area contributed by atoms with Crippen LogP contribution < -0.4 is 0 Å². The summed E-state index contributed by atoms with van der Waals surface area (Å²) in [7, 11) is 1.90. The van der Waals surface area contributed by atoms with Gasteiger partial charge in [0.05, 0.1) is 34.6 Å². The summed E-state index contributed by atoms with van der Waals surface area (Å²) in [6, 6.07) is 13.3. The van der Waals surface area contributed by atoms with E-state index in [1.54, 1.807) is 28.0 Å². The Labute approximate surface area is 213 Å². The number of halogens is 1. The lowest BCUT2D eigenvalue weighted by atomic mass is 10.1. The van der Waals surface area contributed by atoms with Gasteiger partial charge in [0.15, 0.2) is 0 Å². The summed E-state index contributed by atoms with van der Waals surface area (Å²) < 4.78 is 7.04. The first-order valence-electron chi connectivity index (χ1n) is 11.8. The molecule has 2 amide bonds. The Kier molecular flexibility index (Phi) is 6.61. The molecule has 2 aromatic heterocycles. The van der Waals surface area contributed by atoms with Crippen LogP contribution in [0.4, 0.5) is 4.79 Å². The van der Waals surface area contributed by atoms with Gasteiger partial charge in [-0.15, -0.1) is 6.58 Å². The fourth-order valence-corrected chi connectivity index (χ4v) is 4.65. The Morgan fingerprint density at radius 2 is 1.86 bits per heavy atom. The van der Waals surface area contributed by atoms with E-state index in [0.717, 1.165) is 27.5 Å². The molecule has 0 radical (unpaired) electrons. The Morgan fingerprint density at radius 3 is 2.64 bits per heavy atom. The fourth-order valence-electron chi connectivity index (χ4n) is 4.39. The van der Waals surface area contributed by atoms with Crippen LogP contribution >= 0.6 is 11.6 Å². The lowest BCUT2D eigenvalue weighted by Crippen LogP contribution is -2.50. The molecule has 1 aliphatic heterocycles. The van der Waals surface area contributed by atoms with E-state index in [1.165, 1.54) is 0 Å². The summed E-state index contributed by atoms with van der Waals surface area (Å²) in [4.78, 5) is 33.6. The van der Waals surface area contributed by atoms with Crippen LogP contribution in [0.2, 0.25) is 5.02 Å². The molecule has 184 valence electrons. The van der Waals surface area contributed by atoms with Gasteiger partial charge in [-0.25, -0.2) is 9.78 Å². The largest absolute Gasteiger partial charge is 0.449 e. The lowest BCUT2D eigenvalue weighted by molar-refractivity contribution is 0.0564. The third kappa shape index (κ3) is 4.64. The number of aryl methyl sites for hydroxylation is 1. The normalized spacial score (nSPS) is 13.8. The molecule has 1 aliphatic rings. The monoisotopic (exact) mass is 503 g/mol. The smallest absolute Gasteiger partial charge is 0.409 e. The van der Waals surface area contributed by atoms with Crippen LogP contribution in [0.1, 0.15) is 16.8 Å². The predicted octanol–water partition coefficient (Wildman–Crippen LogP) is 4.91. The number of pyridine rings is 1. The number of rotatable bonds is 5. The molecule has 4 aromatic rings. The highest BCUT2D eigenvalue weighted by Crippen LogP contribution is 2.30. The summed E-state index contributed by atoms with van der Waals surface area (Å²) in [5.74, 6) is -0.100. The molecule has 2 aromatic carbocycles. The topological polar surface area (TPSA) is 80.6 Å². The van der Waals surface area contributed by atoms with Crippen molar-refractivity contribution in [1.82, 2.24) is 24.6 Å². The Hall–Kier alpha value is -3.91. The van der Waals surface area contributed by atoms with Crippen LogP contribution in [-0.2, 0) is 11.8 Å². The van der Waals surface area contributed by atoms with E-state index in [-0.39, 0.29) is 12.0 Å². The molecule has 8 nitrogen and oxygen atoms in total. The van der Waals surface area contributed by atoms with E-state index in [9.17, 15) is 9.59 Å². The van der Waals surface area contributed by atoms with Gasteiger partial charge in [-0.3, -0.25) is 9.48 Å². The van der Waals surface area contributed by atoms with E-state index in [0.29, 0.717) is 55.3 Å². The number of carbonyl (C=O) groups is 2. The van der Waals surface area contributed by atoms with Gasteiger partial charge in [-0.2, -0.15) is 5.10 Å². The molecule has 9 heteroatoms. The Bertz CT molecular complexity index is 1470. The number of ether oxygens (including phenoxy) is 1.